The Hall–Kier alpha value is -4.25. The van der Waals surface area contributed by atoms with Crippen molar-refractivity contribution in [1.82, 2.24) is 10.1 Å². The molecule has 5 aromatic rings. The summed E-state index contributed by atoms with van der Waals surface area (Å²) in [5, 5.41) is 4.12. The zero-order chi connectivity index (χ0) is 23.3. The van der Waals surface area contributed by atoms with Gasteiger partial charge in [-0.15, -0.1) is 0 Å². The second kappa shape index (κ2) is 7.66. The van der Waals surface area contributed by atoms with Gasteiger partial charge in [-0.2, -0.15) is 4.98 Å². The van der Waals surface area contributed by atoms with Gasteiger partial charge in [0.1, 0.15) is 5.82 Å². The molecule has 0 unspecified atom stereocenters. The summed E-state index contributed by atoms with van der Waals surface area (Å²) in [6.45, 7) is 4.56. The summed E-state index contributed by atoms with van der Waals surface area (Å²) in [6, 6.07) is 31.3. The van der Waals surface area contributed by atoms with E-state index in [-0.39, 0.29) is 11.2 Å². The molecule has 1 aromatic heterocycles. The van der Waals surface area contributed by atoms with Crippen LogP contribution in [-0.4, -0.2) is 10.1 Å². The summed E-state index contributed by atoms with van der Waals surface area (Å²) in [5.41, 5.74) is 7.43. The lowest BCUT2D eigenvalue weighted by Crippen LogP contribution is -2.30. The van der Waals surface area contributed by atoms with E-state index in [0.717, 1.165) is 11.3 Å². The monoisotopic (exact) mass is 447 g/mol. The van der Waals surface area contributed by atoms with Crippen LogP contribution in [0.4, 0.5) is 21.5 Å². The molecule has 166 valence electrons. The first-order chi connectivity index (χ1) is 16.5. The Kier molecular flexibility index (Phi) is 4.59. The lowest BCUT2D eigenvalue weighted by atomic mass is 9.73. The molecule has 0 atom stereocenters. The Morgan fingerprint density at radius 2 is 1.26 bits per heavy atom. The van der Waals surface area contributed by atoms with Crippen molar-refractivity contribution in [2.45, 2.75) is 19.3 Å². The zero-order valence-electron chi connectivity index (χ0n) is 18.9. The second-order valence-electron chi connectivity index (χ2n) is 8.97. The first-order valence-corrected chi connectivity index (χ1v) is 11.2. The van der Waals surface area contributed by atoms with Crippen molar-refractivity contribution in [3.8, 4) is 22.8 Å². The summed E-state index contributed by atoms with van der Waals surface area (Å²) in [7, 11) is 0. The van der Waals surface area contributed by atoms with Crippen LogP contribution in [0.1, 0.15) is 25.0 Å². The number of para-hydroxylation sites is 2. The maximum atomic E-state index is 13.2. The van der Waals surface area contributed by atoms with Crippen molar-refractivity contribution in [3.05, 3.63) is 114 Å². The van der Waals surface area contributed by atoms with Crippen LogP contribution < -0.4 is 4.90 Å². The van der Waals surface area contributed by atoms with Crippen LogP contribution in [0.25, 0.3) is 22.8 Å². The Morgan fingerprint density at radius 1 is 0.706 bits per heavy atom. The van der Waals surface area contributed by atoms with Crippen molar-refractivity contribution in [3.63, 3.8) is 0 Å². The highest BCUT2D eigenvalue weighted by Gasteiger charge is 2.36. The molecule has 0 amide bonds. The minimum atomic E-state index is -0.302. The van der Waals surface area contributed by atoms with E-state index < -0.39 is 0 Å². The van der Waals surface area contributed by atoms with Crippen LogP contribution in [-0.2, 0) is 5.41 Å². The van der Waals surface area contributed by atoms with Gasteiger partial charge in [0.25, 0.3) is 5.89 Å². The molecule has 0 spiro atoms. The van der Waals surface area contributed by atoms with Gasteiger partial charge in [0.15, 0.2) is 0 Å². The molecule has 4 aromatic carbocycles. The molecular weight excluding hydrogens is 425 g/mol. The molecule has 0 bridgehead atoms. The number of rotatable bonds is 3. The van der Waals surface area contributed by atoms with Gasteiger partial charge in [0.05, 0.1) is 11.4 Å². The van der Waals surface area contributed by atoms with Crippen LogP contribution in [0, 0.1) is 5.82 Å². The summed E-state index contributed by atoms with van der Waals surface area (Å²) in [6.07, 6.45) is 0. The highest BCUT2D eigenvalue weighted by molar-refractivity contribution is 5.86. The number of hydrogen-bond donors (Lipinski definition) is 0. The fourth-order valence-corrected chi connectivity index (χ4v) is 4.76. The Morgan fingerprint density at radius 3 is 1.88 bits per heavy atom. The third kappa shape index (κ3) is 3.20. The minimum Gasteiger partial charge on any atom is -0.334 e. The number of benzene rings is 4. The average molecular weight is 448 g/mol. The van der Waals surface area contributed by atoms with Crippen molar-refractivity contribution in [2.24, 2.45) is 0 Å². The molecule has 4 nitrogen and oxygen atoms in total. The van der Waals surface area contributed by atoms with E-state index in [1.807, 2.05) is 12.1 Å². The molecule has 2 heterocycles. The fraction of sp³-hybridized carbons (Fsp3) is 0.103. The summed E-state index contributed by atoms with van der Waals surface area (Å²) >= 11 is 0. The van der Waals surface area contributed by atoms with Gasteiger partial charge in [-0.1, -0.05) is 55.4 Å². The largest absolute Gasteiger partial charge is 0.334 e. The van der Waals surface area contributed by atoms with E-state index in [9.17, 15) is 4.39 Å². The van der Waals surface area contributed by atoms with Gasteiger partial charge < -0.3 is 9.42 Å². The molecule has 0 saturated carbocycles. The quantitative estimate of drug-likeness (QED) is 0.285. The van der Waals surface area contributed by atoms with Gasteiger partial charge in [0.2, 0.25) is 5.82 Å². The standard InChI is InChI=1S/C29H22FN3O/c1-29(2)23-7-3-5-9-25(23)33(26-10-6-4-8-24(26)29)22-17-13-19(14-18-22)27-31-28(34-32-27)20-11-15-21(30)16-12-20/h3-18H,1-2H3. The number of fused-ring (bicyclic) bond motifs is 2. The molecule has 6 rings (SSSR count). The van der Waals surface area contributed by atoms with Gasteiger partial charge in [-0.25, -0.2) is 4.39 Å². The lowest BCUT2D eigenvalue weighted by Gasteiger charge is -2.42. The topological polar surface area (TPSA) is 42.2 Å². The smallest absolute Gasteiger partial charge is 0.258 e. The predicted octanol–water partition coefficient (Wildman–Crippen LogP) is 7.65. The van der Waals surface area contributed by atoms with Gasteiger partial charge >= 0.3 is 0 Å². The molecular formula is C29H22FN3O. The first-order valence-electron chi connectivity index (χ1n) is 11.2. The SMILES string of the molecule is CC1(C)c2ccccc2N(c2ccc(-c3noc(-c4ccc(F)cc4)n3)cc2)c2ccccc21. The lowest BCUT2D eigenvalue weighted by molar-refractivity contribution is 0.432. The van der Waals surface area contributed by atoms with Gasteiger partial charge in [-0.05, 0) is 71.8 Å². The van der Waals surface area contributed by atoms with Crippen LogP contribution in [0.15, 0.2) is 102 Å². The summed E-state index contributed by atoms with van der Waals surface area (Å²) in [4.78, 5) is 6.81. The van der Waals surface area contributed by atoms with E-state index in [1.165, 1.54) is 34.6 Å². The van der Waals surface area contributed by atoms with E-state index in [4.69, 9.17) is 4.52 Å². The van der Waals surface area contributed by atoms with Crippen LogP contribution in [0.2, 0.25) is 0 Å². The molecule has 0 aliphatic carbocycles. The summed E-state index contributed by atoms with van der Waals surface area (Å²) in [5.74, 6) is 0.551. The molecule has 5 heteroatoms. The van der Waals surface area contributed by atoms with E-state index in [1.54, 1.807) is 12.1 Å². The van der Waals surface area contributed by atoms with Crippen molar-refractivity contribution in [2.75, 3.05) is 4.90 Å². The fourth-order valence-electron chi connectivity index (χ4n) is 4.76. The van der Waals surface area contributed by atoms with Crippen LogP contribution in [0.3, 0.4) is 0 Å². The number of aromatic nitrogens is 2. The van der Waals surface area contributed by atoms with E-state index in [0.29, 0.717) is 17.3 Å². The van der Waals surface area contributed by atoms with Gasteiger partial charge in [-0.3, -0.25) is 0 Å². The van der Waals surface area contributed by atoms with E-state index >= 15 is 0 Å². The Bertz CT molecular complexity index is 1440. The molecule has 34 heavy (non-hydrogen) atoms. The van der Waals surface area contributed by atoms with Gasteiger partial charge in [0, 0.05) is 22.2 Å². The molecule has 1 aliphatic heterocycles. The third-order valence-corrected chi connectivity index (χ3v) is 6.54. The van der Waals surface area contributed by atoms with Crippen molar-refractivity contribution >= 4 is 17.1 Å². The number of nitrogens with zero attached hydrogens (tertiary/aromatic N) is 3. The Balaban J connectivity index is 1.39. The maximum Gasteiger partial charge on any atom is 0.258 e. The van der Waals surface area contributed by atoms with Crippen LogP contribution >= 0.6 is 0 Å². The van der Waals surface area contributed by atoms with Crippen molar-refractivity contribution < 1.29 is 8.91 Å². The second-order valence-corrected chi connectivity index (χ2v) is 8.97. The average Bonchev–Trinajstić information content (AvgIpc) is 3.36. The molecule has 0 radical (unpaired) electrons. The maximum absolute atomic E-state index is 13.2. The predicted molar refractivity (Wildman–Crippen MR) is 132 cm³/mol. The van der Waals surface area contributed by atoms with Crippen LogP contribution in [0.5, 0.6) is 0 Å². The molecule has 0 N–H and O–H groups in total. The molecule has 1 aliphatic rings. The van der Waals surface area contributed by atoms with Crippen molar-refractivity contribution in [1.29, 1.82) is 0 Å². The minimum absolute atomic E-state index is 0.0922. The number of hydrogen-bond acceptors (Lipinski definition) is 4. The molecule has 0 fully saturated rings. The van der Waals surface area contributed by atoms with E-state index in [2.05, 4.69) is 89.6 Å². The first kappa shape index (κ1) is 20.4. The normalized spacial score (nSPS) is 13.9. The highest BCUT2D eigenvalue weighted by Crippen LogP contribution is 2.51. The third-order valence-electron chi connectivity index (χ3n) is 6.54. The highest BCUT2D eigenvalue weighted by atomic mass is 19.1. The summed E-state index contributed by atoms with van der Waals surface area (Å²) < 4.78 is 18.6. The number of anilines is 3. The molecule has 0 saturated heterocycles. The number of halogens is 1. The zero-order valence-corrected chi connectivity index (χ0v) is 18.9. The Labute approximate surface area is 197 Å².